The number of methoxy groups -OCH3 is 1. The first-order valence-corrected chi connectivity index (χ1v) is 9.37. The quantitative estimate of drug-likeness (QED) is 0.504. The fourth-order valence-electron chi connectivity index (χ4n) is 3.32. The smallest absolute Gasteiger partial charge is 0.280 e. The second kappa shape index (κ2) is 7.31. The van der Waals surface area contributed by atoms with Crippen LogP contribution in [0.5, 0.6) is 5.75 Å². The lowest BCUT2D eigenvalue weighted by Gasteiger charge is -2.24. The van der Waals surface area contributed by atoms with Gasteiger partial charge in [0.25, 0.3) is 5.89 Å². The molecule has 0 saturated carbocycles. The van der Waals surface area contributed by atoms with Crippen LogP contribution in [0.3, 0.4) is 0 Å². The first-order chi connectivity index (χ1) is 14.2. The van der Waals surface area contributed by atoms with Gasteiger partial charge in [0, 0.05) is 5.02 Å². The number of nitrogens with zero attached hydrogens (tertiary/aromatic N) is 5. The van der Waals surface area contributed by atoms with Gasteiger partial charge in [0.15, 0.2) is 5.69 Å². The molecule has 2 aromatic heterocycles. The molecule has 0 spiro atoms. The first kappa shape index (κ1) is 17.8. The molecule has 9 heteroatoms. The van der Waals surface area contributed by atoms with Gasteiger partial charge in [-0.05, 0) is 29.8 Å². The average molecular weight is 410 g/mol. The van der Waals surface area contributed by atoms with Crippen LogP contribution in [0.25, 0.3) is 23.0 Å². The van der Waals surface area contributed by atoms with Gasteiger partial charge in [-0.25, -0.2) is 4.68 Å². The van der Waals surface area contributed by atoms with Gasteiger partial charge in [0.2, 0.25) is 5.82 Å². The summed E-state index contributed by atoms with van der Waals surface area (Å²) in [7, 11) is 1.60. The highest BCUT2D eigenvalue weighted by Gasteiger charge is 2.28. The predicted octanol–water partition coefficient (Wildman–Crippen LogP) is 3.93. The van der Waals surface area contributed by atoms with Gasteiger partial charge in [0.1, 0.15) is 11.9 Å². The number of halogens is 1. The van der Waals surface area contributed by atoms with E-state index in [9.17, 15) is 0 Å². The number of fused-ring (bicyclic) bond motifs is 1. The van der Waals surface area contributed by atoms with Crippen LogP contribution in [0, 0.1) is 0 Å². The van der Waals surface area contributed by atoms with Gasteiger partial charge < -0.3 is 14.0 Å². The van der Waals surface area contributed by atoms with Crippen LogP contribution in [0.1, 0.15) is 17.4 Å². The number of hydrogen-bond acceptors (Lipinski definition) is 7. The fourth-order valence-corrected chi connectivity index (χ4v) is 3.44. The van der Waals surface area contributed by atoms with E-state index in [1.165, 1.54) is 0 Å². The van der Waals surface area contributed by atoms with Crippen molar-refractivity contribution in [2.75, 3.05) is 7.11 Å². The Morgan fingerprint density at radius 1 is 1.14 bits per heavy atom. The molecule has 8 nitrogen and oxygen atoms in total. The molecule has 1 unspecified atom stereocenters. The summed E-state index contributed by atoms with van der Waals surface area (Å²) in [6.07, 6.45) is -0.124. The van der Waals surface area contributed by atoms with E-state index < -0.39 is 0 Å². The standard InChI is InChI=1S/C20H16ClN5O3/c1-27-16-5-3-2-4-14(16)19-22-20(29-24-19)18-15-11-28-17(10-26(15)25-23-18)12-6-8-13(21)9-7-12/h2-9,17H,10-11H2,1H3. The van der Waals surface area contributed by atoms with Crippen LogP contribution in [0.15, 0.2) is 53.1 Å². The molecular weight excluding hydrogens is 394 g/mol. The van der Waals surface area contributed by atoms with E-state index in [0.29, 0.717) is 41.3 Å². The van der Waals surface area contributed by atoms with E-state index in [0.717, 1.165) is 16.8 Å². The Kier molecular flexibility index (Phi) is 4.49. The van der Waals surface area contributed by atoms with Crippen molar-refractivity contribution in [3.05, 3.63) is 64.8 Å². The third-order valence-electron chi connectivity index (χ3n) is 4.82. The molecule has 0 saturated heterocycles. The first-order valence-electron chi connectivity index (χ1n) is 9.00. The number of hydrogen-bond donors (Lipinski definition) is 0. The summed E-state index contributed by atoms with van der Waals surface area (Å²) in [5, 5.41) is 13.3. The van der Waals surface area contributed by atoms with Crippen molar-refractivity contribution in [1.82, 2.24) is 25.1 Å². The Morgan fingerprint density at radius 2 is 1.97 bits per heavy atom. The minimum atomic E-state index is -0.124. The lowest BCUT2D eigenvalue weighted by atomic mass is 10.1. The third kappa shape index (κ3) is 3.26. The molecule has 1 aliphatic heterocycles. The molecule has 0 fully saturated rings. The SMILES string of the molecule is COc1ccccc1-c1noc(-c2nnn3c2COC(c2ccc(Cl)cc2)C3)n1. The second-order valence-electron chi connectivity index (χ2n) is 6.54. The summed E-state index contributed by atoms with van der Waals surface area (Å²) in [5.41, 5.74) is 3.09. The molecule has 4 aromatic rings. The monoisotopic (exact) mass is 409 g/mol. The summed E-state index contributed by atoms with van der Waals surface area (Å²) in [6, 6.07) is 15.1. The van der Waals surface area contributed by atoms with Crippen LogP contribution in [0.2, 0.25) is 5.02 Å². The molecule has 0 bridgehead atoms. The summed E-state index contributed by atoms with van der Waals surface area (Å²) in [4.78, 5) is 4.48. The molecule has 29 heavy (non-hydrogen) atoms. The summed E-state index contributed by atoms with van der Waals surface area (Å²) >= 11 is 5.97. The minimum Gasteiger partial charge on any atom is -0.496 e. The van der Waals surface area contributed by atoms with Gasteiger partial charge in [-0.3, -0.25) is 0 Å². The van der Waals surface area contributed by atoms with Crippen molar-refractivity contribution >= 4 is 11.6 Å². The van der Waals surface area contributed by atoms with E-state index in [2.05, 4.69) is 20.5 Å². The minimum absolute atomic E-state index is 0.124. The Bertz CT molecular complexity index is 1160. The van der Waals surface area contributed by atoms with Crippen molar-refractivity contribution in [2.24, 2.45) is 0 Å². The average Bonchev–Trinajstić information content (AvgIpc) is 3.40. The van der Waals surface area contributed by atoms with E-state index in [4.69, 9.17) is 25.6 Å². The Labute approximate surface area is 171 Å². The van der Waals surface area contributed by atoms with Gasteiger partial charge in [-0.15, -0.1) is 5.10 Å². The molecule has 3 heterocycles. The zero-order chi connectivity index (χ0) is 19.8. The highest BCUT2D eigenvalue weighted by Crippen LogP contribution is 2.32. The molecule has 2 aromatic carbocycles. The van der Waals surface area contributed by atoms with Crippen molar-refractivity contribution in [3.63, 3.8) is 0 Å². The normalized spacial score (nSPS) is 15.9. The van der Waals surface area contributed by atoms with Gasteiger partial charge in [-0.2, -0.15) is 4.98 Å². The molecule has 1 aliphatic rings. The summed E-state index contributed by atoms with van der Waals surface area (Å²) in [5.74, 6) is 1.38. The zero-order valence-corrected chi connectivity index (χ0v) is 16.2. The molecule has 1 atom stereocenters. The Balaban J connectivity index is 1.42. The maximum Gasteiger partial charge on any atom is 0.280 e. The maximum atomic E-state index is 6.03. The molecule has 0 amide bonds. The molecule has 5 rings (SSSR count). The van der Waals surface area contributed by atoms with Gasteiger partial charge in [0.05, 0.1) is 31.5 Å². The van der Waals surface area contributed by atoms with Crippen LogP contribution in [-0.4, -0.2) is 32.2 Å². The highest BCUT2D eigenvalue weighted by atomic mass is 35.5. The van der Waals surface area contributed by atoms with Crippen LogP contribution >= 0.6 is 11.6 Å². The number of rotatable bonds is 4. The fraction of sp³-hybridized carbons (Fsp3) is 0.200. The summed E-state index contributed by atoms with van der Waals surface area (Å²) < 4.78 is 18.7. The molecule has 0 N–H and O–H groups in total. The number of para-hydroxylation sites is 1. The predicted molar refractivity (Wildman–Crippen MR) is 104 cm³/mol. The number of aromatic nitrogens is 5. The van der Waals surface area contributed by atoms with Crippen LogP contribution < -0.4 is 4.74 Å². The van der Waals surface area contributed by atoms with Crippen molar-refractivity contribution in [3.8, 4) is 28.7 Å². The van der Waals surface area contributed by atoms with E-state index in [-0.39, 0.29) is 6.10 Å². The largest absolute Gasteiger partial charge is 0.496 e. The highest BCUT2D eigenvalue weighted by molar-refractivity contribution is 6.30. The summed E-state index contributed by atoms with van der Waals surface area (Å²) in [6.45, 7) is 0.874. The van der Waals surface area contributed by atoms with Crippen LogP contribution in [0.4, 0.5) is 0 Å². The topological polar surface area (TPSA) is 88.1 Å². The number of benzene rings is 2. The second-order valence-corrected chi connectivity index (χ2v) is 6.98. The van der Waals surface area contributed by atoms with Gasteiger partial charge >= 0.3 is 0 Å². The molecular formula is C20H16ClN5O3. The Hall–Kier alpha value is -3.23. The number of ether oxygens (including phenoxy) is 2. The van der Waals surface area contributed by atoms with Gasteiger partial charge in [-0.1, -0.05) is 46.2 Å². The lowest BCUT2D eigenvalue weighted by Crippen LogP contribution is -2.22. The van der Waals surface area contributed by atoms with E-state index in [1.807, 2.05) is 53.2 Å². The van der Waals surface area contributed by atoms with Crippen molar-refractivity contribution in [2.45, 2.75) is 19.3 Å². The Morgan fingerprint density at radius 3 is 2.79 bits per heavy atom. The lowest BCUT2D eigenvalue weighted by molar-refractivity contribution is -0.00117. The van der Waals surface area contributed by atoms with Crippen molar-refractivity contribution < 1.29 is 14.0 Å². The van der Waals surface area contributed by atoms with E-state index >= 15 is 0 Å². The van der Waals surface area contributed by atoms with Crippen molar-refractivity contribution in [1.29, 1.82) is 0 Å². The molecule has 0 aliphatic carbocycles. The van der Waals surface area contributed by atoms with E-state index in [1.54, 1.807) is 7.11 Å². The molecule has 0 radical (unpaired) electrons. The zero-order valence-electron chi connectivity index (χ0n) is 15.4. The maximum absolute atomic E-state index is 6.03. The third-order valence-corrected chi connectivity index (χ3v) is 5.07. The molecule has 146 valence electrons. The van der Waals surface area contributed by atoms with Crippen LogP contribution in [-0.2, 0) is 17.9 Å².